The van der Waals surface area contributed by atoms with E-state index in [2.05, 4.69) is 104 Å². The Hall–Kier alpha value is 0.160. The Kier molecular flexibility index (Phi) is 19.2. The van der Waals surface area contributed by atoms with Gasteiger partial charge in [-0.2, -0.15) is 0 Å². The Bertz CT molecular complexity index is 1050. The summed E-state index contributed by atoms with van der Waals surface area (Å²) in [6.07, 6.45) is 17.3. The summed E-state index contributed by atoms with van der Waals surface area (Å²) in [5.41, 5.74) is 7.70. The van der Waals surface area contributed by atoms with Crippen molar-refractivity contribution in [3.63, 3.8) is 0 Å². The lowest BCUT2D eigenvalue weighted by atomic mass is 10.1. The predicted octanol–water partition coefficient (Wildman–Crippen LogP) is 13.7. The molecule has 0 bridgehead atoms. The van der Waals surface area contributed by atoms with Crippen molar-refractivity contribution in [3.05, 3.63) is 48.5 Å². The zero-order chi connectivity index (χ0) is 35.4. The second-order valence-corrected chi connectivity index (χ2v) is 26.2. The quantitative estimate of drug-likeness (QED) is 0.237. The molecule has 2 aromatic carbocycles. The molecule has 272 valence electrons. The fraction of sp³-hybridized carbons (Fsp3) is 0.727. The summed E-state index contributed by atoms with van der Waals surface area (Å²) in [5.74, 6) is 0. The zero-order valence-electron chi connectivity index (χ0n) is 33.5. The third-order valence-electron chi connectivity index (χ3n) is 11.9. The first-order valence-electron chi connectivity index (χ1n) is 20.7. The smallest absolute Gasteiger partial charge is 0.0158 e. The van der Waals surface area contributed by atoms with Crippen molar-refractivity contribution in [2.45, 2.75) is 205 Å². The van der Waals surface area contributed by atoms with Crippen LogP contribution in [0.3, 0.4) is 0 Å². The van der Waals surface area contributed by atoms with Gasteiger partial charge in [-0.3, -0.25) is 0 Å². The van der Waals surface area contributed by atoms with Crippen LogP contribution in [-0.2, 0) is 0 Å². The van der Waals surface area contributed by atoms with Crippen molar-refractivity contribution in [2.24, 2.45) is 0 Å². The van der Waals surface area contributed by atoms with Crippen LogP contribution in [0.4, 0.5) is 0 Å². The standard InChI is InChI=1S/C22H36P2.C18H28P2.2C2H6/c1-5-17-13-14-18(6-2)23(17)21-11-9-10-12-22(21)24-19(7-3)15-16-20(24)8-4;1-13-9-10-14(2)19(13)17-7-5-6-8-18(17)20-15(3)11-12-16(20)4;2*1-2/h9-12,17-20H,5-8,13-16H2,1-4H3;5-8,13-16H,9-12H2,1-4H3;2*1-2H3/t17-,18-,19-,20-;13-,14-,15-,16-;;/m11../s1. The second kappa shape index (κ2) is 21.6. The molecule has 0 aliphatic carbocycles. The van der Waals surface area contributed by atoms with E-state index in [4.69, 9.17) is 0 Å². The van der Waals surface area contributed by atoms with Crippen LogP contribution in [-0.4, -0.2) is 45.3 Å². The molecule has 4 aliphatic rings. The van der Waals surface area contributed by atoms with Gasteiger partial charge in [0.25, 0.3) is 0 Å². The molecular weight excluding hydrogens is 652 g/mol. The van der Waals surface area contributed by atoms with Gasteiger partial charge in [0, 0.05) is 0 Å². The lowest BCUT2D eigenvalue weighted by Gasteiger charge is -2.32. The highest BCUT2D eigenvalue weighted by molar-refractivity contribution is 7.74. The van der Waals surface area contributed by atoms with Crippen LogP contribution >= 0.6 is 31.7 Å². The first-order chi connectivity index (χ1) is 23.3. The van der Waals surface area contributed by atoms with E-state index in [9.17, 15) is 0 Å². The number of benzene rings is 2. The molecule has 2 aromatic rings. The first-order valence-corrected chi connectivity index (χ1v) is 26.6. The highest BCUT2D eigenvalue weighted by atomic mass is 31.1. The summed E-state index contributed by atoms with van der Waals surface area (Å²) in [6.45, 7) is 27.7. The minimum Gasteiger partial charge on any atom is -0.0688 e. The van der Waals surface area contributed by atoms with E-state index in [1.807, 2.05) is 38.3 Å². The van der Waals surface area contributed by atoms with Crippen LogP contribution in [0.5, 0.6) is 0 Å². The average molecular weight is 729 g/mol. The van der Waals surface area contributed by atoms with Crippen molar-refractivity contribution in [3.8, 4) is 0 Å². The van der Waals surface area contributed by atoms with E-state index in [1.165, 1.54) is 77.0 Å². The number of hydrogen-bond acceptors (Lipinski definition) is 0. The molecule has 4 fully saturated rings. The molecule has 0 amide bonds. The molecule has 0 aromatic heterocycles. The van der Waals surface area contributed by atoms with Gasteiger partial charge in [-0.15, -0.1) is 0 Å². The summed E-state index contributed by atoms with van der Waals surface area (Å²) < 4.78 is 0. The van der Waals surface area contributed by atoms with Gasteiger partial charge in [0.1, 0.15) is 0 Å². The maximum atomic E-state index is 2.55. The van der Waals surface area contributed by atoms with Gasteiger partial charge in [-0.1, -0.05) is 163 Å². The van der Waals surface area contributed by atoms with Crippen LogP contribution in [0.2, 0.25) is 0 Å². The summed E-state index contributed by atoms with van der Waals surface area (Å²) in [4.78, 5) is 0. The summed E-state index contributed by atoms with van der Waals surface area (Å²) in [5, 5.41) is 7.25. The molecule has 4 saturated heterocycles. The van der Waals surface area contributed by atoms with Crippen LogP contribution in [0, 0.1) is 0 Å². The molecule has 4 aliphatic heterocycles. The minimum atomic E-state index is 0.0639. The van der Waals surface area contributed by atoms with E-state index >= 15 is 0 Å². The molecule has 0 spiro atoms. The van der Waals surface area contributed by atoms with Crippen LogP contribution in [0.1, 0.15) is 160 Å². The normalized spacial score (nSPS) is 31.1. The van der Waals surface area contributed by atoms with Crippen molar-refractivity contribution in [1.29, 1.82) is 0 Å². The fourth-order valence-corrected chi connectivity index (χ4v) is 24.6. The van der Waals surface area contributed by atoms with E-state index in [-0.39, 0.29) is 31.7 Å². The van der Waals surface area contributed by atoms with Crippen LogP contribution < -0.4 is 21.2 Å². The molecule has 4 heterocycles. The highest BCUT2D eigenvalue weighted by Crippen LogP contribution is 2.62. The van der Waals surface area contributed by atoms with E-state index < -0.39 is 0 Å². The maximum Gasteiger partial charge on any atom is -0.0158 e. The predicted molar refractivity (Wildman–Crippen MR) is 233 cm³/mol. The van der Waals surface area contributed by atoms with Gasteiger partial charge in [-0.25, -0.2) is 0 Å². The fourth-order valence-electron chi connectivity index (χ4n) is 9.45. The first kappa shape index (κ1) is 42.6. The molecule has 0 nitrogen and oxygen atoms in total. The SMILES string of the molecule is CC.CC.CC[C@@H]1CC[C@@H](CC)P1c1ccccc1P1[C@H](CC)CC[C@H]1CC.C[C@@H]1CC[C@@H](C)P1c1ccccc1P1[C@H](C)CC[C@H]1C. The number of hydrogen-bond donors (Lipinski definition) is 0. The molecule has 0 N–H and O–H groups in total. The van der Waals surface area contributed by atoms with Gasteiger partial charge < -0.3 is 0 Å². The van der Waals surface area contributed by atoms with Crippen molar-refractivity contribution >= 4 is 52.9 Å². The van der Waals surface area contributed by atoms with Crippen molar-refractivity contribution in [1.82, 2.24) is 0 Å². The van der Waals surface area contributed by atoms with E-state index in [0.29, 0.717) is 0 Å². The maximum absolute atomic E-state index is 2.55. The molecule has 0 saturated carbocycles. The van der Waals surface area contributed by atoms with E-state index in [0.717, 1.165) is 45.3 Å². The van der Waals surface area contributed by atoms with Crippen LogP contribution in [0.25, 0.3) is 0 Å². The molecule has 0 radical (unpaired) electrons. The van der Waals surface area contributed by atoms with Crippen LogP contribution in [0.15, 0.2) is 48.5 Å². The van der Waals surface area contributed by atoms with Gasteiger partial charge in [0.15, 0.2) is 0 Å². The Morgan fingerprint density at radius 2 is 0.583 bits per heavy atom. The van der Waals surface area contributed by atoms with Crippen molar-refractivity contribution < 1.29 is 0 Å². The highest BCUT2D eigenvalue weighted by Gasteiger charge is 2.41. The molecular formula is C44H76P4. The third-order valence-corrected chi connectivity index (χ3v) is 26.5. The Morgan fingerprint density at radius 1 is 0.375 bits per heavy atom. The molecule has 48 heavy (non-hydrogen) atoms. The van der Waals surface area contributed by atoms with Gasteiger partial charge >= 0.3 is 0 Å². The Balaban J connectivity index is 0.000000239. The molecule has 8 atom stereocenters. The second-order valence-electron chi connectivity index (χ2n) is 14.6. The molecule has 6 rings (SSSR count). The van der Waals surface area contributed by atoms with Gasteiger partial charge in [0.05, 0.1) is 0 Å². The number of rotatable bonds is 8. The lowest BCUT2D eigenvalue weighted by Crippen LogP contribution is -2.30. The summed E-state index contributed by atoms with van der Waals surface area (Å²) in [6, 6.07) is 19.3. The average Bonchev–Trinajstić information content (AvgIpc) is 3.91. The Labute approximate surface area is 305 Å². The van der Waals surface area contributed by atoms with Gasteiger partial charge in [0.2, 0.25) is 0 Å². The third kappa shape index (κ3) is 9.77. The lowest BCUT2D eigenvalue weighted by molar-refractivity contribution is 0.696. The summed E-state index contributed by atoms with van der Waals surface area (Å²) in [7, 11) is 0.285. The summed E-state index contributed by atoms with van der Waals surface area (Å²) >= 11 is 0. The van der Waals surface area contributed by atoms with Crippen molar-refractivity contribution in [2.75, 3.05) is 0 Å². The van der Waals surface area contributed by atoms with E-state index in [1.54, 1.807) is 10.6 Å². The monoisotopic (exact) mass is 728 g/mol. The van der Waals surface area contributed by atoms with Gasteiger partial charge in [-0.05, 0) is 144 Å². The molecule has 0 unspecified atom stereocenters. The molecule has 4 heteroatoms. The Morgan fingerprint density at radius 3 is 0.792 bits per heavy atom. The topological polar surface area (TPSA) is 0 Å². The largest absolute Gasteiger partial charge is 0.0688 e. The minimum absolute atomic E-state index is 0.0639. The zero-order valence-corrected chi connectivity index (χ0v) is 37.1.